The number of anilines is 1. The number of Topliss-reactive ketones (excluding diaryl/α,β-unsaturated/α-hetero) is 1. The second-order valence-corrected chi connectivity index (χ2v) is 5.78. The minimum absolute atomic E-state index is 0.0173. The Morgan fingerprint density at radius 3 is 2.48 bits per heavy atom. The van der Waals surface area contributed by atoms with Gasteiger partial charge in [0.1, 0.15) is 5.75 Å². The lowest BCUT2D eigenvalue weighted by atomic mass is 10.1. The molecule has 1 amide bonds. The van der Waals surface area contributed by atoms with Crippen LogP contribution in [0.3, 0.4) is 0 Å². The van der Waals surface area contributed by atoms with Crippen molar-refractivity contribution < 1.29 is 14.3 Å². The Balaban J connectivity index is 1.66. The van der Waals surface area contributed by atoms with E-state index in [0.29, 0.717) is 24.2 Å². The molecule has 0 aliphatic carbocycles. The minimum Gasteiger partial charge on any atom is -0.497 e. The number of hydrogen-bond donors (Lipinski definition) is 2. The summed E-state index contributed by atoms with van der Waals surface area (Å²) in [5.41, 5.74) is 2.46. The smallest absolute Gasteiger partial charge is 0.225 e. The molecule has 0 saturated carbocycles. The van der Waals surface area contributed by atoms with Crippen molar-refractivity contribution in [2.45, 2.75) is 19.8 Å². The third-order valence-electron chi connectivity index (χ3n) is 3.83. The molecule has 0 atom stereocenters. The largest absolute Gasteiger partial charge is 0.497 e. The summed E-state index contributed by atoms with van der Waals surface area (Å²) in [5, 5.41) is 6.08. The fourth-order valence-corrected chi connectivity index (χ4v) is 2.39. The fraction of sp³-hybridized carbons (Fsp3) is 0.300. The summed E-state index contributed by atoms with van der Waals surface area (Å²) in [5.74, 6) is 0.760. The van der Waals surface area contributed by atoms with Crippen LogP contribution in [0.15, 0.2) is 48.5 Å². The summed E-state index contributed by atoms with van der Waals surface area (Å²) < 4.78 is 5.13. The van der Waals surface area contributed by atoms with Crippen molar-refractivity contribution in [2.75, 3.05) is 25.5 Å². The number of carbonyl (C=O) groups is 2. The lowest BCUT2D eigenvalue weighted by Gasteiger charge is -2.08. The highest BCUT2D eigenvalue weighted by atomic mass is 16.5. The molecule has 0 fully saturated rings. The van der Waals surface area contributed by atoms with Crippen LogP contribution < -0.4 is 15.4 Å². The van der Waals surface area contributed by atoms with Gasteiger partial charge in [-0.1, -0.05) is 24.3 Å². The second kappa shape index (κ2) is 9.59. The highest BCUT2D eigenvalue weighted by molar-refractivity contribution is 5.97. The van der Waals surface area contributed by atoms with Crippen LogP contribution in [0.2, 0.25) is 0 Å². The Bertz CT molecular complexity index is 711. The normalized spacial score (nSPS) is 10.3. The number of ketones is 1. The summed E-state index contributed by atoms with van der Waals surface area (Å²) in [6.07, 6.45) is 1.28. The summed E-state index contributed by atoms with van der Waals surface area (Å²) in [6.45, 7) is 2.92. The average Bonchev–Trinajstić information content (AvgIpc) is 2.62. The summed E-state index contributed by atoms with van der Waals surface area (Å²) in [6, 6.07) is 14.9. The van der Waals surface area contributed by atoms with Gasteiger partial charge >= 0.3 is 0 Å². The van der Waals surface area contributed by atoms with Gasteiger partial charge in [-0.15, -0.1) is 0 Å². The monoisotopic (exact) mass is 340 g/mol. The molecular weight excluding hydrogens is 316 g/mol. The van der Waals surface area contributed by atoms with Gasteiger partial charge in [0, 0.05) is 24.2 Å². The third kappa shape index (κ3) is 6.39. The zero-order valence-electron chi connectivity index (χ0n) is 14.7. The topological polar surface area (TPSA) is 67.4 Å². The van der Waals surface area contributed by atoms with E-state index in [2.05, 4.69) is 10.6 Å². The predicted molar refractivity (Wildman–Crippen MR) is 99.3 cm³/mol. The van der Waals surface area contributed by atoms with E-state index >= 15 is 0 Å². The maximum atomic E-state index is 11.9. The molecule has 0 saturated heterocycles. The molecule has 0 aromatic heterocycles. The van der Waals surface area contributed by atoms with Gasteiger partial charge in [-0.3, -0.25) is 9.59 Å². The van der Waals surface area contributed by atoms with Crippen molar-refractivity contribution in [2.24, 2.45) is 0 Å². The molecular formula is C20H24N2O3. The fourth-order valence-electron chi connectivity index (χ4n) is 2.39. The zero-order valence-corrected chi connectivity index (χ0v) is 14.7. The summed E-state index contributed by atoms with van der Waals surface area (Å²) in [7, 11) is 1.65. The maximum Gasteiger partial charge on any atom is 0.225 e. The van der Waals surface area contributed by atoms with Crippen molar-refractivity contribution >= 4 is 17.4 Å². The summed E-state index contributed by atoms with van der Waals surface area (Å²) >= 11 is 0. The molecule has 2 rings (SSSR count). The van der Waals surface area contributed by atoms with Gasteiger partial charge in [-0.2, -0.15) is 0 Å². The number of amides is 1. The van der Waals surface area contributed by atoms with E-state index in [4.69, 9.17) is 4.74 Å². The lowest BCUT2D eigenvalue weighted by Crippen LogP contribution is -2.23. The molecule has 0 spiro atoms. The predicted octanol–water partition coefficient (Wildman–Crippen LogP) is 3.06. The Labute approximate surface area is 148 Å². The molecule has 5 heteroatoms. The highest BCUT2D eigenvalue weighted by Crippen LogP contribution is 2.12. The van der Waals surface area contributed by atoms with Crippen molar-refractivity contribution in [1.82, 2.24) is 5.32 Å². The first-order chi connectivity index (χ1) is 12.1. The van der Waals surface area contributed by atoms with Crippen molar-refractivity contribution in [3.05, 3.63) is 59.7 Å². The van der Waals surface area contributed by atoms with Gasteiger partial charge < -0.3 is 15.4 Å². The van der Waals surface area contributed by atoms with Gasteiger partial charge in [0.05, 0.1) is 7.11 Å². The summed E-state index contributed by atoms with van der Waals surface area (Å²) in [4.78, 5) is 23.3. The number of hydrogen-bond acceptors (Lipinski definition) is 4. The number of ether oxygens (including phenoxy) is 1. The van der Waals surface area contributed by atoms with E-state index in [1.807, 2.05) is 24.3 Å². The number of rotatable bonds is 9. The first-order valence-corrected chi connectivity index (χ1v) is 8.33. The number of methoxy groups -OCH3 is 1. The van der Waals surface area contributed by atoms with E-state index in [1.54, 1.807) is 31.4 Å². The quantitative estimate of drug-likeness (QED) is 0.544. The van der Waals surface area contributed by atoms with Gasteiger partial charge in [-0.25, -0.2) is 0 Å². The van der Waals surface area contributed by atoms with Crippen LogP contribution in [0.25, 0.3) is 0 Å². The van der Waals surface area contributed by atoms with E-state index in [-0.39, 0.29) is 11.7 Å². The van der Waals surface area contributed by atoms with Crippen molar-refractivity contribution in [3.8, 4) is 5.75 Å². The SMILES string of the molecule is COc1ccc(CCNCCC(=O)Nc2cccc(C(C)=O)c2)cc1. The molecule has 132 valence electrons. The Hall–Kier alpha value is -2.66. The number of benzene rings is 2. The number of carbonyl (C=O) groups excluding carboxylic acids is 2. The average molecular weight is 340 g/mol. The first-order valence-electron chi connectivity index (χ1n) is 8.33. The van der Waals surface area contributed by atoms with Crippen LogP contribution in [0.1, 0.15) is 29.3 Å². The second-order valence-electron chi connectivity index (χ2n) is 5.78. The Morgan fingerprint density at radius 2 is 1.80 bits per heavy atom. The van der Waals surface area contributed by atoms with E-state index in [1.165, 1.54) is 12.5 Å². The van der Waals surface area contributed by atoms with E-state index in [9.17, 15) is 9.59 Å². The van der Waals surface area contributed by atoms with Crippen LogP contribution in [0.5, 0.6) is 5.75 Å². The zero-order chi connectivity index (χ0) is 18.1. The molecule has 0 bridgehead atoms. The molecule has 2 N–H and O–H groups in total. The molecule has 5 nitrogen and oxygen atoms in total. The molecule has 25 heavy (non-hydrogen) atoms. The van der Waals surface area contributed by atoms with E-state index in [0.717, 1.165) is 18.7 Å². The van der Waals surface area contributed by atoms with E-state index < -0.39 is 0 Å². The van der Waals surface area contributed by atoms with Gasteiger partial charge in [-0.05, 0) is 49.7 Å². The Morgan fingerprint density at radius 1 is 1.04 bits per heavy atom. The molecule has 0 aliphatic rings. The van der Waals surface area contributed by atoms with Gasteiger partial charge in [0.15, 0.2) is 5.78 Å². The van der Waals surface area contributed by atoms with Gasteiger partial charge in [0.2, 0.25) is 5.91 Å². The van der Waals surface area contributed by atoms with Crippen LogP contribution in [-0.2, 0) is 11.2 Å². The van der Waals surface area contributed by atoms with Crippen molar-refractivity contribution in [1.29, 1.82) is 0 Å². The molecule has 0 unspecified atom stereocenters. The van der Waals surface area contributed by atoms with Crippen molar-refractivity contribution in [3.63, 3.8) is 0 Å². The van der Waals surface area contributed by atoms with Crippen LogP contribution in [-0.4, -0.2) is 31.9 Å². The van der Waals surface area contributed by atoms with Crippen LogP contribution >= 0.6 is 0 Å². The van der Waals surface area contributed by atoms with Crippen LogP contribution in [0, 0.1) is 0 Å². The lowest BCUT2D eigenvalue weighted by molar-refractivity contribution is -0.116. The minimum atomic E-state index is -0.0716. The maximum absolute atomic E-state index is 11.9. The number of nitrogens with one attached hydrogen (secondary N) is 2. The molecule has 0 aliphatic heterocycles. The molecule has 2 aromatic rings. The van der Waals surface area contributed by atoms with Gasteiger partial charge in [0.25, 0.3) is 0 Å². The molecule has 0 radical (unpaired) electrons. The highest BCUT2D eigenvalue weighted by Gasteiger charge is 2.04. The first kappa shape index (κ1) is 18.7. The Kier molecular flexibility index (Phi) is 7.16. The molecule has 0 heterocycles. The third-order valence-corrected chi connectivity index (χ3v) is 3.83. The standard InChI is InChI=1S/C20H24N2O3/c1-15(23)17-4-3-5-18(14-17)22-20(24)11-13-21-12-10-16-6-8-19(25-2)9-7-16/h3-9,14,21H,10-13H2,1-2H3,(H,22,24). The molecule has 2 aromatic carbocycles. The van der Waals surface area contributed by atoms with Crippen LogP contribution in [0.4, 0.5) is 5.69 Å².